The van der Waals surface area contributed by atoms with Crippen LogP contribution < -0.4 is 15.4 Å². The van der Waals surface area contributed by atoms with E-state index in [1.54, 1.807) is 12.0 Å². The molecule has 34 heavy (non-hydrogen) atoms. The van der Waals surface area contributed by atoms with E-state index in [1.165, 1.54) is 0 Å². The first kappa shape index (κ1) is 23.1. The van der Waals surface area contributed by atoms with E-state index in [4.69, 9.17) is 14.9 Å². The molecule has 2 unspecified atom stereocenters. The fourth-order valence-electron chi connectivity index (χ4n) is 5.98. The highest BCUT2D eigenvalue weighted by atomic mass is 16.5. The number of hydrogen-bond acceptors (Lipinski definition) is 5. The zero-order chi connectivity index (χ0) is 24.1. The average Bonchev–Trinajstić information content (AvgIpc) is 3.54. The Morgan fingerprint density at radius 2 is 2.12 bits per heavy atom. The molecule has 2 amide bonds. The summed E-state index contributed by atoms with van der Waals surface area (Å²) in [5.74, 6) is 0.836. The van der Waals surface area contributed by atoms with Crippen LogP contribution >= 0.6 is 0 Å². The Bertz CT molecular complexity index is 969. The summed E-state index contributed by atoms with van der Waals surface area (Å²) in [5, 5.41) is 15.0. The van der Waals surface area contributed by atoms with Crippen molar-refractivity contribution in [1.29, 1.82) is 5.41 Å². The van der Waals surface area contributed by atoms with Gasteiger partial charge in [-0.15, -0.1) is 0 Å². The molecule has 1 spiro atoms. The summed E-state index contributed by atoms with van der Waals surface area (Å²) in [6, 6.07) is 7.72. The molecule has 4 atom stereocenters. The number of carbonyl (C=O) groups excluding carboxylic acids is 2. The maximum atomic E-state index is 13.4. The first-order valence-corrected chi connectivity index (χ1v) is 12.5. The molecule has 2 heterocycles. The van der Waals surface area contributed by atoms with Crippen molar-refractivity contribution in [1.82, 2.24) is 15.5 Å². The Kier molecular flexibility index (Phi) is 5.82. The second-order valence-corrected chi connectivity index (χ2v) is 11.1. The molecule has 1 aromatic rings. The topological polar surface area (TPSA) is 104 Å². The normalized spacial score (nSPS) is 29.4. The van der Waals surface area contributed by atoms with Gasteiger partial charge in [0.2, 0.25) is 11.8 Å². The van der Waals surface area contributed by atoms with E-state index in [0.717, 1.165) is 43.4 Å². The number of methoxy groups -OCH3 is 1. The number of benzene rings is 1. The van der Waals surface area contributed by atoms with E-state index in [-0.39, 0.29) is 47.3 Å². The number of fused-ring (bicyclic) bond motifs is 1. The zero-order valence-corrected chi connectivity index (χ0v) is 20.4. The molecule has 3 N–H and O–H groups in total. The highest BCUT2D eigenvalue weighted by Gasteiger charge is 2.53. The fraction of sp³-hybridized carbons (Fsp3) is 0.654. The van der Waals surface area contributed by atoms with Gasteiger partial charge < -0.3 is 20.1 Å². The lowest BCUT2D eigenvalue weighted by atomic mass is 9.73. The number of hydrogen-bond donors (Lipinski definition) is 3. The van der Waals surface area contributed by atoms with Gasteiger partial charge in [-0.25, -0.2) is 0 Å². The third-order valence-electron chi connectivity index (χ3n) is 7.96. The molecule has 0 aromatic heterocycles. The monoisotopic (exact) mass is 468 g/mol. The number of rotatable bonds is 7. The van der Waals surface area contributed by atoms with Crippen LogP contribution in [-0.2, 0) is 14.3 Å². The van der Waals surface area contributed by atoms with Crippen LogP contribution in [0.25, 0.3) is 0 Å². The predicted octanol–water partition coefficient (Wildman–Crippen LogP) is 3.13. The van der Waals surface area contributed by atoms with Crippen molar-refractivity contribution >= 4 is 17.8 Å². The SMILES string of the molecule is COCC[C@H](C1C[C@H]1C(=O)NC1CC2(CCC2)Oc2ccccc21)N1C(=N)NC(C)(C)CC1=O. The third kappa shape index (κ3) is 4.28. The molecular formula is C26H36N4O4. The Hall–Kier alpha value is -2.61. The lowest BCUT2D eigenvalue weighted by Gasteiger charge is -2.48. The second kappa shape index (κ2) is 8.56. The molecule has 184 valence electrons. The lowest BCUT2D eigenvalue weighted by molar-refractivity contribution is -0.133. The quantitative estimate of drug-likeness (QED) is 0.570. The first-order valence-electron chi connectivity index (χ1n) is 12.5. The highest BCUT2D eigenvalue weighted by Crippen LogP contribution is 2.50. The van der Waals surface area contributed by atoms with Crippen molar-refractivity contribution in [2.45, 2.75) is 82.0 Å². The van der Waals surface area contributed by atoms with E-state index in [2.05, 4.69) is 10.6 Å². The number of nitrogens with one attached hydrogen (secondary N) is 3. The van der Waals surface area contributed by atoms with Gasteiger partial charge in [0.05, 0.1) is 6.04 Å². The van der Waals surface area contributed by atoms with Gasteiger partial charge >= 0.3 is 0 Å². The largest absolute Gasteiger partial charge is 0.487 e. The fourth-order valence-corrected chi connectivity index (χ4v) is 5.98. The van der Waals surface area contributed by atoms with E-state index in [1.807, 2.05) is 38.1 Å². The molecule has 2 aliphatic carbocycles. The molecule has 1 aromatic carbocycles. The van der Waals surface area contributed by atoms with E-state index in [0.29, 0.717) is 19.4 Å². The van der Waals surface area contributed by atoms with Crippen molar-refractivity contribution in [2.75, 3.05) is 13.7 Å². The molecular weight excluding hydrogens is 432 g/mol. The van der Waals surface area contributed by atoms with Crippen molar-refractivity contribution in [2.24, 2.45) is 11.8 Å². The van der Waals surface area contributed by atoms with Gasteiger partial charge in [0.15, 0.2) is 5.96 Å². The molecule has 2 saturated carbocycles. The first-order chi connectivity index (χ1) is 16.2. The van der Waals surface area contributed by atoms with Crippen LogP contribution in [0.3, 0.4) is 0 Å². The van der Waals surface area contributed by atoms with Gasteiger partial charge in [-0.1, -0.05) is 18.2 Å². The van der Waals surface area contributed by atoms with E-state index >= 15 is 0 Å². The number of amides is 2. The predicted molar refractivity (Wildman–Crippen MR) is 127 cm³/mol. The van der Waals surface area contributed by atoms with E-state index in [9.17, 15) is 9.59 Å². The smallest absolute Gasteiger partial charge is 0.231 e. The highest BCUT2D eigenvalue weighted by molar-refractivity contribution is 5.99. The van der Waals surface area contributed by atoms with Gasteiger partial charge in [-0.2, -0.15) is 0 Å². The van der Waals surface area contributed by atoms with Crippen LogP contribution in [0.4, 0.5) is 0 Å². The Morgan fingerprint density at radius 1 is 1.35 bits per heavy atom. The van der Waals surface area contributed by atoms with Crippen molar-refractivity contribution in [3.8, 4) is 5.75 Å². The van der Waals surface area contributed by atoms with Crippen LogP contribution in [0.5, 0.6) is 5.75 Å². The van der Waals surface area contributed by atoms with Gasteiger partial charge in [0.1, 0.15) is 11.4 Å². The van der Waals surface area contributed by atoms with Crippen LogP contribution in [0.15, 0.2) is 24.3 Å². The molecule has 8 heteroatoms. The number of carbonyl (C=O) groups is 2. The summed E-state index contributed by atoms with van der Waals surface area (Å²) in [6.45, 7) is 4.33. The number of nitrogens with zero attached hydrogens (tertiary/aromatic N) is 1. The standard InChI is InChI=1S/C26H36N4O4/c1-25(2)15-22(31)30(24(27)29-25)20(9-12-33-3)17-13-18(17)23(32)28-19-14-26(10-6-11-26)34-21-8-5-4-7-16(19)21/h4-5,7-8,17-20H,6,9-15H2,1-3H3,(H2,27,29)(H,28,32)/t17?,18-,19?,20-/m1/s1. The van der Waals surface area contributed by atoms with Gasteiger partial charge in [0.25, 0.3) is 0 Å². The molecule has 3 fully saturated rings. The molecule has 1 saturated heterocycles. The molecule has 0 radical (unpaired) electrons. The Morgan fingerprint density at radius 3 is 2.79 bits per heavy atom. The molecule has 2 aliphatic heterocycles. The lowest BCUT2D eigenvalue weighted by Crippen LogP contribution is -2.63. The van der Waals surface area contributed by atoms with Crippen molar-refractivity contribution < 1.29 is 19.1 Å². The van der Waals surface area contributed by atoms with Gasteiger partial charge in [-0.3, -0.25) is 19.9 Å². The molecule has 0 bridgehead atoms. The van der Waals surface area contributed by atoms with Crippen LogP contribution in [0.1, 0.15) is 70.4 Å². The molecule has 8 nitrogen and oxygen atoms in total. The minimum absolute atomic E-state index is 0.0233. The number of guanidine groups is 1. The maximum absolute atomic E-state index is 13.4. The minimum Gasteiger partial charge on any atom is -0.487 e. The second-order valence-electron chi connectivity index (χ2n) is 11.1. The van der Waals surface area contributed by atoms with Crippen LogP contribution in [-0.4, -0.2) is 53.6 Å². The third-order valence-corrected chi connectivity index (χ3v) is 7.96. The Labute approximate surface area is 201 Å². The summed E-state index contributed by atoms with van der Waals surface area (Å²) in [5.41, 5.74) is 0.454. The van der Waals surface area contributed by atoms with Crippen molar-refractivity contribution in [3.63, 3.8) is 0 Å². The molecule has 5 rings (SSSR count). The minimum atomic E-state index is -0.440. The summed E-state index contributed by atoms with van der Waals surface area (Å²) in [6.07, 6.45) is 5.66. The van der Waals surface area contributed by atoms with Gasteiger partial charge in [-0.05, 0) is 57.9 Å². The van der Waals surface area contributed by atoms with Crippen LogP contribution in [0, 0.1) is 17.2 Å². The summed E-state index contributed by atoms with van der Waals surface area (Å²) in [4.78, 5) is 27.9. The van der Waals surface area contributed by atoms with Crippen molar-refractivity contribution in [3.05, 3.63) is 29.8 Å². The van der Waals surface area contributed by atoms with Gasteiger partial charge in [0, 0.05) is 49.6 Å². The summed E-state index contributed by atoms with van der Waals surface area (Å²) < 4.78 is 11.6. The summed E-state index contributed by atoms with van der Waals surface area (Å²) in [7, 11) is 1.64. The Balaban J connectivity index is 1.29. The van der Waals surface area contributed by atoms with Crippen LogP contribution in [0.2, 0.25) is 0 Å². The molecule has 4 aliphatic rings. The zero-order valence-electron chi connectivity index (χ0n) is 20.4. The number of para-hydroxylation sites is 1. The number of ether oxygens (including phenoxy) is 2. The maximum Gasteiger partial charge on any atom is 0.231 e. The van der Waals surface area contributed by atoms with E-state index < -0.39 is 5.54 Å². The summed E-state index contributed by atoms with van der Waals surface area (Å²) >= 11 is 0. The average molecular weight is 469 g/mol.